The lowest BCUT2D eigenvalue weighted by atomic mass is 9.97. The van der Waals surface area contributed by atoms with Gasteiger partial charge in [0.25, 0.3) is 0 Å². The number of benzene rings is 1. The SMILES string of the molecule is CN(CCC(C)(C)O)c1cc(N)c(C=N)cc1Nc1ncnc2sc3c(c12)CCCC3. The number of nitrogens with two attached hydrogens (primary N) is 1. The number of thiophene rings is 1. The molecule has 0 atom stereocenters. The van der Waals surface area contributed by atoms with Gasteiger partial charge in [-0.2, -0.15) is 0 Å². The van der Waals surface area contributed by atoms with Crippen molar-refractivity contribution < 1.29 is 5.11 Å². The maximum absolute atomic E-state index is 10.1. The van der Waals surface area contributed by atoms with Crippen molar-refractivity contribution in [3.05, 3.63) is 34.5 Å². The summed E-state index contributed by atoms with van der Waals surface area (Å²) < 4.78 is 0. The summed E-state index contributed by atoms with van der Waals surface area (Å²) in [5.74, 6) is 0.794. The van der Waals surface area contributed by atoms with Crippen molar-refractivity contribution in [2.45, 2.75) is 51.6 Å². The number of hydrogen-bond donors (Lipinski definition) is 4. The first-order chi connectivity index (χ1) is 14.8. The topological polar surface area (TPSA) is 111 Å². The van der Waals surface area contributed by atoms with Gasteiger partial charge in [0.1, 0.15) is 17.0 Å². The molecule has 1 aliphatic rings. The highest BCUT2D eigenvalue weighted by molar-refractivity contribution is 7.19. The van der Waals surface area contributed by atoms with Crippen molar-refractivity contribution in [1.82, 2.24) is 9.97 Å². The lowest BCUT2D eigenvalue weighted by molar-refractivity contribution is 0.0734. The molecule has 0 radical (unpaired) electrons. The number of aromatic nitrogens is 2. The third-order valence-electron chi connectivity index (χ3n) is 5.83. The highest BCUT2D eigenvalue weighted by atomic mass is 32.1. The molecule has 4 rings (SSSR count). The van der Waals surface area contributed by atoms with Crippen LogP contribution in [0.4, 0.5) is 22.9 Å². The molecule has 0 spiro atoms. The number of fused-ring (bicyclic) bond motifs is 3. The van der Waals surface area contributed by atoms with Crippen LogP contribution in [0.3, 0.4) is 0 Å². The zero-order valence-corrected chi connectivity index (χ0v) is 19.1. The second-order valence-electron chi connectivity index (χ2n) is 8.86. The van der Waals surface area contributed by atoms with Crippen LogP contribution in [0.15, 0.2) is 18.5 Å². The summed E-state index contributed by atoms with van der Waals surface area (Å²) in [4.78, 5) is 13.6. The summed E-state index contributed by atoms with van der Waals surface area (Å²) in [5.41, 5.74) is 9.76. The van der Waals surface area contributed by atoms with Gasteiger partial charge in [-0.05, 0) is 63.6 Å². The Kier molecular flexibility index (Phi) is 5.85. The van der Waals surface area contributed by atoms with Crippen molar-refractivity contribution >= 4 is 50.6 Å². The number of hydrogen-bond acceptors (Lipinski definition) is 8. The van der Waals surface area contributed by atoms with Crippen molar-refractivity contribution in [2.24, 2.45) is 0 Å². The third-order valence-corrected chi connectivity index (χ3v) is 7.03. The van der Waals surface area contributed by atoms with Crippen LogP contribution in [0, 0.1) is 5.41 Å². The Morgan fingerprint density at radius 2 is 2.06 bits per heavy atom. The van der Waals surface area contributed by atoms with Crippen molar-refractivity contribution in [3.8, 4) is 0 Å². The van der Waals surface area contributed by atoms with Gasteiger partial charge in [-0.15, -0.1) is 11.3 Å². The normalized spacial score (nSPS) is 13.8. The molecule has 7 nitrogen and oxygen atoms in total. The van der Waals surface area contributed by atoms with Gasteiger partial charge in [-0.25, -0.2) is 9.97 Å². The van der Waals surface area contributed by atoms with Gasteiger partial charge in [0, 0.05) is 35.9 Å². The molecular formula is C23H30N6OS. The minimum absolute atomic E-state index is 0.548. The van der Waals surface area contributed by atoms with Crippen LogP contribution in [-0.4, -0.2) is 40.5 Å². The average molecular weight is 439 g/mol. The van der Waals surface area contributed by atoms with Crippen LogP contribution in [0.2, 0.25) is 0 Å². The quantitative estimate of drug-likeness (QED) is 0.319. The van der Waals surface area contributed by atoms with Crippen LogP contribution < -0.4 is 16.0 Å². The summed E-state index contributed by atoms with van der Waals surface area (Å²) in [5, 5.41) is 22.5. The van der Waals surface area contributed by atoms with E-state index in [4.69, 9.17) is 11.1 Å². The first-order valence-corrected chi connectivity index (χ1v) is 11.5. The summed E-state index contributed by atoms with van der Waals surface area (Å²) in [6.45, 7) is 4.28. The maximum atomic E-state index is 10.1. The second kappa shape index (κ2) is 8.43. The molecule has 1 aliphatic carbocycles. The first kappa shape index (κ1) is 21.5. The minimum atomic E-state index is -0.753. The number of anilines is 4. The van der Waals surface area contributed by atoms with E-state index in [0.29, 0.717) is 24.2 Å². The van der Waals surface area contributed by atoms with Gasteiger partial charge in [0.2, 0.25) is 0 Å². The molecule has 8 heteroatoms. The fourth-order valence-corrected chi connectivity index (χ4v) is 5.27. The summed E-state index contributed by atoms with van der Waals surface area (Å²) in [7, 11) is 1.98. The molecule has 0 unspecified atom stereocenters. The van der Waals surface area contributed by atoms with Gasteiger partial charge in [0.15, 0.2) is 0 Å². The number of aliphatic hydroxyl groups is 1. The van der Waals surface area contributed by atoms with E-state index < -0.39 is 5.60 Å². The van der Waals surface area contributed by atoms with Crippen LogP contribution in [0.1, 0.15) is 49.1 Å². The predicted octanol–water partition coefficient (Wildman–Crippen LogP) is 4.49. The Hall–Kier alpha value is -2.71. The Labute approximate surface area is 186 Å². The third kappa shape index (κ3) is 4.50. The number of nitrogens with zero attached hydrogens (tertiary/aromatic N) is 3. The molecule has 0 saturated carbocycles. The Morgan fingerprint density at radius 3 is 2.81 bits per heavy atom. The van der Waals surface area contributed by atoms with Crippen LogP contribution in [0.25, 0.3) is 10.2 Å². The van der Waals surface area contributed by atoms with Gasteiger partial charge < -0.3 is 26.5 Å². The summed E-state index contributed by atoms with van der Waals surface area (Å²) in [6, 6.07) is 3.78. The Morgan fingerprint density at radius 1 is 1.29 bits per heavy atom. The molecule has 2 heterocycles. The lowest BCUT2D eigenvalue weighted by Gasteiger charge is -2.27. The smallest absolute Gasteiger partial charge is 0.142 e. The van der Waals surface area contributed by atoms with E-state index in [1.54, 1.807) is 17.7 Å². The van der Waals surface area contributed by atoms with E-state index in [2.05, 4.69) is 20.2 Å². The lowest BCUT2D eigenvalue weighted by Crippen LogP contribution is -2.28. The van der Waals surface area contributed by atoms with Gasteiger partial charge in [0.05, 0.1) is 22.4 Å². The molecule has 0 amide bonds. The van der Waals surface area contributed by atoms with E-state index in [0.717, 1.165) is 40.3 Å². The van der Waals surface area contributed by atoms with Crippen molar-refractivity contribution in [3.63, 3.8) is 0 Å². The van der Waals surface area contributed by atoms with E-state index in [-0.39, 0.29) is 0 Å². The molecule has 164 valence electrons. The fourth-order valence-electron chi connectivity index (χ4n) is 4.04. The zero-order chi connectivity index (χ0) is 22.2. The number of rotatable bonds is 7. The Bertz CT molecular complexity index is 1120. The van der Waals surface area contributed by atoms with Crippen LogP contribution in [0.5, 0.6) is 0 Å². The molecule has 31 heavy (non-hydrogen) atoms. The number of aryl methyl sites for hydroxylation is 2. The van der Waals surface area contributed by atoms with E-state index in [1.165, 1.54) is 29.5 Å². The number of nitrogens with one attached hydrogen (secondary N) is 2. The molecule has 0 saturated heterocycles. The molecule has 2 aromatic heterocycles. The minimum Gasteiger partial charge on any atom is -0.398 e. The Balaban J connectivity index is 1.76. The van der Waals surface area contributed by atoms with E-state index in [9.17, 15) is 5.11 Å². The molecule has 0 aliphatic heterocycles. The van der Waals surface area contributed by atoms with E-state index in [1.807, 2.05) is 33.0 Å². The molecule has 0 bridgehead atoms. The van der Waals surface area contributed by atoms with Crippen LogP contribution >= 0.6 is 11.3 Å². The average Bonchev–Trinajstić information content (AvgIpc) is 3.12. The van der Waals surface area contributed by atoms with Crippen molar-refractivity contribution in [1.29, 1.82) is 5.41 Å². The molecule has 3 aromatic rings. The standard InChI is InChI=1S/C23H30N6OS/c1-23(2,30)8-9-29(3)18-11-16(25)14(12-24)10-17(18)28-21-20-15-6-4-5-7-19(15)31-22(20)27-13-26-21/h10-13,24,30H,4-9,25H2,1-3H3,(H,26,27,28). The van der Waals surface area contributed by atoms with Crippen molar-refractivity contribution in [2.75, 3.05) is 29.5 Å². The predicted molar refractivity (Wildman–Crippen MR) is 130 cm³/mol. The zero-order valence-electron chi connectivity index (χ0n) is 18.3. The first-order valence-electron chi connectivity index (χ1n) is 10.7. The maximum Gasteiger partial charge on any atom is 0.142 e. The molecule has 0 fully saturated rings. The highest BCUT2D eigenvalue weighted by Crippen LogP contribution is 2.40. The second-order valence-corrected chi connectivity index (χ2v) is 9.95. The van der Waals surface area contributed by atoms with E-state index >= 15 is 0 Å². The molecule has 1 aromatic carbocycles. The number of nitrogen functional groups attached to an aromatic ring is 1. The summed E-state index contributed by atoms with van der Waals surface area (Å²) >= 11 is 1.77. The highest BCUT2D eigenvalue weighted by Gasteiger charge is 2.21. The van der Waals surface area contributed by atoms with Gasteiger partial charge >= 0.3 is 0 Å². The van der Waals surface area contributed by atoms with Gasteiger partial charge in [-0.3, -0.25) is 0 Å². The monoisotopic (exact) mass is 438 g/mol. The summed E-state index contributed by atoms with van der Waals surface area (Å²) in [6.07, 6.45) is 8.09. The van der Waals surface area contributed by atoms with Crippen LogP contribution in [-0.2, 0) is 12.8 Å². The molecule has 5 N–H and O–H groups in total. The van der Waals surface area contributed by atoms with Gasteiger partial charge in [-0.1, -0.05) is 0 Å². The largest absolute Gasteiger partial charge is 0.398 e. The fraction of sp³-hybridized carbons (Fsp3) is 0.435. The molecular weight excluding hydrogens is 408 g/mol.